The van der Waals surface area contributed by atoms with Crippen LogP contribution in [0, 0.1) is 0 Å². The van der Waals surface area contributed by atoms with Gasteiger partial charge in [0.1, 0.15) is 6.54 Å². The number of carbonyl (C=O) groups excluding carboxylic acids is 2. The van der Waals surface area contributed by atoms with Crippen molar-refractivity contribution in [3.63, 3.8) is 0 Å². The Bertz CT molecular complexity index is 1190. The monoisotopic (exact) mass is 541 g/mol. The van der Waals surface area contributed by atoms with Crippen molar-refractivity contribution < 1.29 is 9.59 Å². The third-order valence-electron chi connectivity index (χ3n) is 8.50. The Labute approximate surface area is 241 Å². The highest BCUT2D eigenvalue weighted by Crippen LogP contribution is 2.25. The van der Waals surface area contributed by atoms with Crippen LogP contribution in [0.1, 0.15) is 99.3 Å². The van der Waals surface area contributed by atoms with E-state index >= 15 is 0 Å². The van der Waals surface area contributed by atoms with Crippen molar-refractivity contribution in [1.29, 1.82) is 0 Å². The molecule has 5 nitrogen and oxygen atoms in total. The fourth-order valence-electron chi connectivity index (χ4n) is 5.76. The van der Waals surface area contributed by atoms with Gasteiger partial charge in [-0.05, 0) is 74.4 Å². The summed E-state index contributed by atoms with van der Waals surface area (Å²) in [5.74, 6) is -0.00614. The van der Waals surface area contributed by atoms with E-state index in [4.69, 9.17) is 0 Å². The molecule has 0 aliphatic heterocycles. The third-order valence-corrected chi connectivity index (χ3v) is 8.50. The first-order valence-electron chi connectivity index (χ1n) is 15.4. The lowest BCUT2D eigenvalue weighted by Gasteiger charge is -2.37. The molecule has 1 aliphatic rings. The Morgan fingerprint density at radius 1 is 0.900 bits per heavy atom. The van der Waals surface area contributed by atoms with E-state index in [1.54, 1.807) is 4.90 Å². The molecule has 0 saturated heterocycles. The van der Waals surface area contributed by atoms with Crippen LogP contribution in [0.3, 0.4) is 0 Å². The molecule has 0 radical (unpaired) electrons. The van der Waals surface area contributed by atoms with Crippen molar-refractivity contribution in [2.75, 3.05) is 6.54 Å². The number of unbranched alkanes of at least 4 members (excludes halogenated alkanes) is 1. The minimum Gasteiger partial charge on any atom is -0.345 e. The van der Waals surface area contributed by atoms with Gasteiger partial charge in [-0.1, -0.05) is 82.0 Å². The van der Waals surface area contributed by atoms with Crippen LogP contribution in [-0.2, 0) is 24.3 Å². The number of amides is 2. The molecule has 1 aromatic heterocycles. The molecule has 1 fully saturated rings. The van der Waals surface area contributed by atoms with Crippen LogP contribution in [0.5, 0.6) is 0 Å². The molecule has 1 saturated carbocycles. The number of nitrogens with zero attached hydrogens (tertiary/aromatic N) is 3. The maximum atomic E-state index is 14.1. The van der Waals surface area contributed by atoms with Gasteiger partial charge in [0, 0.05) is 36.1 Å². The van der Waals surface area contributed by atoms with Gasteiger partial charge >= 0.3 is 0 Å². The number of aromatic nitrogens is 1. The zero-order valence-electron chi connectivity index (χ0n) is 24.7. The number of aryl methyl sites for hydroxylation is 1. The maximum Gasteiger partial charge on any atom is 0.254 e. The smallest absolute Gasteiger partial charge is 0.254 e. The normalized spacial score (nSPS) is 14.6. The second-order valence-electron chi connectivity index (χ2n) is 11.4. The summed E-state index contributed by atoms with van der Waals surface area (Å²) in [6.07, 6.45) is 11.8. The van der Waals surface area contributed by atoms with Crippen LogP contribution in [0.15, 0.2) is 72.9 Å². The van der Waals surface area contributed by atoms with E-state index in [1.165, 1.54) is 17.5 Å². The van der Waals surface area contributed by atoms with Gasteiger partial charge in [-0.2, -0.15) is 0 Å². The lowest BCUT2D eigenvalue weighted by atomic mass is 9.94. The van der Waals surface area contributed by atoms with E-state index in [1.807, 2.05) is 18.2 Å². The Kier molecular flexibility index (Phi) is 11.0. The molecular formula is C35H47N3O2. The Morgan fingerprint density at radius 3 is 2.30 bits per heavy atom. The lowest BCUT2D eigenvalue weighted by molar-refractivity contribution is -0.136. The molecule has 40 heavy (non-hydrogen) atoms. The summed E-state index contributed by atoms with van der Waals surface area (Å²) in [7, 11) is 0. The van der Waals surface area contributed by atoms with Crippen LogP contribution in [-0.4, -0.2) is 44.8 Å². The first-order valence-corrected chi connectivity index (χ1v) is 15.4. The highest BCUT2D eigenvalue weighted by atomic mass is 16.2. The first kappa shape index (κ1) is 29.6. The maximum absolute atomic E-state index is 14.1. The fraction of sp³-hybridized carbons (Fsp3) is 0.486. The van der Waals surface area contributed by atoms with Crippen molar-refractivity contribution in [3.8, 4) is 0 Å². The van der Waals surface area contributed by atoms with Gasteiger partial charge in [0.05, 0.1) is 6.54 Å². The SMILES string of the molecule is CCCCc1ccc(C(=O)N(CC(=O)N(Cc2cccn2Cc2ccccc2)C2CCCCC2)C(C)CC)cc1. The van der Waals surface area contributed by atoms with Crippen LogP contribution >= 0.6 is 0 Å². The van der Waals surface area contributed by atoms with E-state index in [0.29, 0.717) is 12.1 Å². The van der Waals surface area contributed by atoms with Crippen molar-refractivity contribution in [3.05, 3.63) is 95.3 Å². The summed E-state index contributed by atoms with van der Waals surface area (Å²) in [5.41, 5.74) is 4.29. The molecule has 214 valence electrons. The molecule has 0 bridgehead atoms. The number of hydrogen-bond donors (Lipinski definition) is 0. The summed E-state index contributed by atoms with van der Waals surface area (Å²) in [5, 5.41) is 0. The quantitative estimate of drug-likeness (QED) is 0.225. The van der Waals surface area contributed by atoms with Crippen LogP contribution in [0.4, 0.5) is 0 Å². The average molecular weight is 542 g/mol. The second kappa shape index (κ2) is 14.9. The topological polar surface area (TPSA) is 45.6 Å². The van der Waals surface area contributed by atoms with E-state index < -0.39 is 0 Å². The van der Waals surface area contributed by atoms with E-state index in [2.05, 4.69) is 85.0 Å². The zero-order valence-corrected chi connectivity index (χ0v) is 24.7. The molecule has 2 aromatic carbocycles. The molecular weight excluding hydrogens is 494 g/mol. The fourth-order valence-corrected chi connectivity index (χ4v) is 5.76. The summed E-state index contributed by atoms with van der Waals surface area (Å²) >= 11 is 0. The van der Waals surface area contributed by atoms with E-state index in [0.717, 1.165) is 63.6 Å². The minimum absolute atomic E-state index is 0.0219. The average Bonchev–Trinajstić information content (AvgIpc) is 3.44. The molecule has 1 heterocycles. The zero-order chi connectivity index (χ0) is 28.3. The van der Waals surface area contributed by atoms with E-state index in [9.17, 15) is 9.59 Å². The summed E-state index contributed by atoms with van der Waals surface area (Å²) in [6.45, 7) is 7.78. The molecule has 1 unspecified atom stereocenters. The minimum atomic E-state index is -0.0548. The van der Waals surface area contributed by atoms with E-state index in [-0.39, 0.29) is 30.4 Å². The van der Waals surface area contributed by atoms with Crippen molar-refractivity contribution >= 4 is 11.8 Å². The Balaban J connectivity index is 1.53. The molecule has 1 aliphatic carbocycles. The van der Waals surface area contributed by atoms with Gasteiger partial charge in [-0.3, -0.25) is 9.59 Å². The molecule has 3 aromatic rings. The first-order chi connectivity index (χ1) is 19.5. The number of rotatable bonds is 13. The highest BCUT2D eigenvalue weighted by molar-refractivity contribution is 5.96. The molecule has 5 heteroatoms. The molecule has 0 N–H and O–H groups in total. The van der Waals surface area contributed by atoms with Gasteiger partial charge in [0.25, 0.3) is 5.91 Å². The highest BCUT2D eigenvalue weighted by Gasteiger charge is 2.30. The van der Waals surface area contributed by atoms with Crippen molar-refractivity contribution in [2.24, 2.45) is 0 Å². The van der Waals surface area contributed by atoms with Gasteiger partial charge in [0.15, 0.2) is 0 Å². The molecule has 0 spiro atoms. The van der Waals surface area contributed by atoms with Crippen molar-refractivity contribution in [2.45, 2.75) is 104 Å². The third kappa shape index (κ3) is 7.87. The lowest BCUT2D eigenvalue weighted by Crippen LogP contribution is -2.49. The summed E-state index contributed by atoms with van der Waals surface area (Å²) in [4.78, 5) is 31.7. The van der Waals surface area contributed by atoms with Crippen LogP contribution < -0.4 is 0 Å². The van der Waals surface area contributed by atoms with Gasteiger partial charge < -0.3 is 14.4 Å². The number of hydrogen-bond acceptors (Lipinski definition) is 2. The predicted octanol–water partition coefficient (Wildman–Crippen LogP) is 7.48. The number of carbonyl (C=O) groups is 2. The molecule has 4 rings (SSSR count). The predicted molar refractivity (Wildman–Crippen MR) is 163 cm³/mol. The molecule has 2 amide bonds. The molecule has 1 atom stereocenters. The summed E-state index contributed by atoms with van der Waals surface area (Å²) < 4.78 is 2.25. The second-order valence-corrected chi connectivity index (χ2v) is 11.4. The van der Waals surface area contributed by atoms with Gasteiger partial charge in [-0.25, -0.2) is 0 Å². The Hall–Kier alpha value is -3.34. The van der Waals surface area contributed by atoms with Gasteiger partial charge in [-0.15, -0.1) is 0 Å². The van der Waals surface area contributed by atoms with Crippen LogP contribution in [0.25, 0.3) is 0 Å². The summed E-state index contributed by atoms with van der Waals surface area (Å²) in [6, 6.07) is 22.8. The standard InChI is InChI=1S/C35H47N3O2/c1-4-6-14-29-20-22-31(23-21-29)35(40)37(28(3)5-2)27-34(39)38(32-17-11-8-12-18-32)26-33-19-13-24-36(33)25-30-15-9-7-10-16-30/h7,9-10,13,15-16,19-24,28,32H,4-6,8,11-12,14,17-18,25-27H2,1-3H3. The van der Waals surface area contributed by atoms with Gasteiger partial charge in [0.2, 0.25) is 5.91 Å². The van der Waals surface area contributed by atoms with Crippen LogP contribution in [0.2, 0.25) is 0 Å². The Morgan fingerprint density at radius 2 is 1.62 bits per heavy atom. The largest absolute Gasteiger partial charge is 0.345 e. The van der Waals surface area contributed by atoms with Crippen molar-refractivity contribution in [1.82, 2.24) is 14.4 Å². The number of benzene rings is 2.